The van der Waals surface area contributed by atoms with Crippen LogP contribution < -0.4 is 9.47 Å². The highest BCUT2D eigenvalue weighted by Crippen LogP contribution is 2.53. The van der Waals surface area contributed by atoms with E-state index in [1.807, 2.05) is 6.07 Å². The molecule has 0 radical (unpaired) electrons. The van der Waals surface area contributed by atoms with Gasteiger partial charge in [0.15, 0.2) is 11.5 Å². The topological polar surface area (TPSA) is 55.8 Å². The molecular weight excluding hydrogens is 324 g/mol. The van der Waals surface area contributed by atoms with Crippen molar-refractivity contribution in [2.24, 2.45) is 0 Å². The van der Waals surface area contributed by atoms with Gasteiger partial charge in [-0.3, -0.25) is 4.79 Å². The molecule has 1 aromatic carbocycles. The Kier molecular flexibility index (Phi) is 3.20. The first-order chi connectivity index (χ1) is 9.47. The summed E-state index contributed by atoms with van der Waals surface area (Å²) in [5, 5.41) is 9.70. The van der Waals surface area contributed by atoms with E-state index in [9.17, 15) is 9.90 Å². The molecule has 1 aromatic rings. The molecule has 108 valence electrons. The Morgan fingerprint density at radius 1 is 1.40 bits per heavy atom. The fourth-order valence-electron chi connectivity index (χ4n) is 3.11. The zero-order chi connectivity index (χ0) is 14.5. The van der Waals surface area contributed by atoms with Gasteiger partial charge in [0.2, 0.25) is 6.79 Å². The minimum atomic E-state index is -0.761. The molecule has 5 heteroatoms. The average Bonchev–Trinajstić information content (AvgIpc) is 2.74. The van der Waals surface area contributed by atoms with Gasteiger partial charge in [-0.25, -0.2) is 0 Å². The molecule has 0 aromatic heterocycles. The van der Waals surface area contributed by atoms with E-state index < -0.39 is 11.4 Å². The van der Waals surface area contributed by atoms with Gasteiger partial charge in [0.25, 0.3) is 0 Å². The Morgan fingerprint density at radius 2 is 2.10 bits per heavy atom. The number of halogens is 1. The second-order valence-corrected chi connectivity index (χ2v) is 6.57. The van der Waals surface area contributed by atoms with Gasteiger partial charge in [0, 0.05) is 0 Å². The van der Waals surface area contributed by atoms with Gasteiger partial charge in [0.05, 0.1) is 9.89 Å². The lowest BCUT2D eigenvalue weighted by Gasteiger charge is -2.40. The molecule has 1 aliphatic heterocycles. The maximum atomic E-state index is 11.8. The molecule has 0 amide bonds. The number of aliphatic carboxylic acids is 1. The minimum Gasteiger partial charge on any atom is -0.481 e. The van der Waals surface area contributed by atoms with Gasteiger partial charge in [-0.1, -0.05) is 20.3 Å². The molecule has 0 atom stereocenters. The summed E-state index contributed by atoms with van der Waals surface area (Å²) in [5.74, 6) is 0.809. The number of benzene rings is 1. The molecule has 3 rings (SSSR count). The third-order valence-electron chi connectivity index (χ3n) is 4.35. The van der Waals surface area contributed by atoms with Crippen molar-refractivity contribution in [1.82, 2.24) is 0 Å². The van der Waals surface area contributed by atoms with Gasteiger partial charge < -0.3 is 14.6 Å². The van der Waals surface area contributed by atoms with E-state index in [2.05, 4.69) is 29.8 Å². The van der Waals surface area contributed by atoms with Gasteiger partial charge in [-0.05, 0) is 51.9 Å². The monoisotopic (exact) mass is 340 g/mol. The summed E-state index contributed by atoms with van der Waals surface area (Å²) in [5.41, 5.74) is 1.14. The zero-order valence-electron chi connectivity index (χ0n) is 11.5. The van der Waals surface area contributed by atoms with E-state index in [0.29, 0.717) is 24.3 Å². The predicted octanol–water partition coefficient (Wildman–Crippen LogP) is 3.81. The van der Waals surface area contributed by atoms with Crippen molar-refractivity contribution in [3.8, 4) is 11.5 Å². The first kappa shape index (κ1) is 13.7. The largest absolute Gasteiger partial charge is 0.481 e. The fraction of sp³-hybridized carbons (Fsp3) is 0.533. The smallest absolute Gasteiger partial charge is 0.314 e. The van der Waals surface area contributed by atoms with Gasteiger partial charge >= 0.3 is 5.97 Å². The molecule has 0 spiro atoms. The average molecular weight is 341 g/mol. The van der Waals surface area contributed by atoms with E-state index in [1.165, 1.54) is 0 Å². The first-order valence-corrected chi connectivity index (χ1v) is 7.62. The predicted molar refractivity (Wildman–Crippen MR) is 77.5 cm³/mol. The summed E-state index contributed by atoms with van der Waals surface area (Å²) in [6, 6.07) is 1.87. The van der Waals surface area contributed by atoms with E-state index in [4.69, 9.17) is 9.47 Å². The first-order valence-electron chi connectivity index (χ1n) is 6.83. The van der Waals surface area contributed by atoms with Crippen LogP contribution in [-0.2, 0) is 10.2 Å². The van der Waals surface area contributed by atoms with Crippen LogP contribution in [0, 0.1) is 0 Å². The van der Waals surface area contributed by atoms with E-state index in [-0.39, 0.29) is 12.7 Å². The molecule has 4 nitrogen and oxygen atoms in total. The van der Waals surface area contributed by atoms with Crippen LogP contribution in [-0.4, -0.2) is 17.9 Å². The van der Waals surface area contributed by atoms with Crippen molar-refractivity contribution in [3.63, 3.8) is 0 Å². The zero-order valence-corrected chi connectivity index (χ0v) is 13.1. The molecular formula is C15H17BrO4. The summed E-state index contributed by atoms with van der Waals surface area (Å²) in [6.45, 7) is 4.33. The van der Waals surface area contributed by atoms with Crippen molar-refractivity contribution in [2.45, 2.75) is 44.4 Å². The highest BCUT2D eigenvalue weighted by Gasteiger charge is 2.48. The van der Waals surface area contributed by atoms with Gasteiger partial charge in [-0.15, -0.1) is 0 Å². The molecule has 1 heterocycles. The van der Waals surface area contributed by atoms with E-state index in [0.717, 1.165) is 22.0 Å². The van der Waals surface area contributed by atoms with Crippen molar-refractivity contribution in [3.05, 3.63) is 21.7 Å². The fourth-order valence-corrected chi connectivity index (χ4v) is 4.09. The van der Waals surface area contributed by atoms with E-state index in [1.54, 1.807) is 0 Å². The number of rotatable bonds is 3. The second kappa shape index (κ2) is 4.65. The van der Waals surface area contributed by atoms with Crippen LogP contribution in [0.15, 0.2) is 10.5 Å². The Morgan fingerprint density at radius 3 is 2.60 bits per heavy atom. The normalized spacial score (nSPS) is 19.0. The van der Waals surface area contributed by atoms with Gasteiger partial charge in [-0.2, -0.15) is 0 Å². The SMILES string of the molecule is CC(C)c1c(C2(C(=O)O)CCC2)cc2c(c1Br)OCO2. The Hall–Kier alpha value is -1.23. The standard InChI is InChI=1S/C15H17BrO4/c1-8(2)11-9(15(14(17)18)4-3-5-15)6-10-13(12(11)16)20-7-19-10/h6,8H,3-5,7H2,1-2H3,(H,17,18). The van der Waals surface area contributed by atoms with Gasteiger partial charge in [0.1, 0.15) is 0 Å². The lowest BCUT2D eigenvalue weighted by Crippen LogP contribution is -2.43. The lowest BCUT2D eigenvalue weighted by atomic mass is 9.62. The highest BCUT2D eigenvalue weighted by molar-refractivity contribution is 9.10. The molecule has 1 saturated carbocycles. The molecule has 1 aliphatic carbocycles. The Bertz CT molecular complexity index is 576. The maximum absolute atomic E-state index is 11.8. The van der Waals surface area contributed by atoms with Crippen LogP contribution in [0.3, 0.4) is 0 Å². The van der Waals surface area contributed by atoms with Crippen LogP contribution in [0.25, 0.3) is 0 Å². The molecule has 1 fully saturated rings. The molecule has 0 bridgehead atoms. The molecule has 0 unspecified atom stereocenters. The van der Waals surface area contributed by atoms with Crippen LogP contribution in [0.2, 0.25) is 0 Å². The molecule has 1 N–H and O–H groups in total. The summed E-state index contributed by atoms with van der Waals surface area (Å²) in [6.07, 6.45) is 2.33. The summed E-state index contributed by atoms with van der Waals surface area (Å²) < 4.78 is 11.8. The van der Waals surface area contributed by atoms with Crippen LogP contribution in [0.4, 0.5) is 0 Å². The van der Waals surface area contributed by atoms with Crippen molar-refractivity contribution >= 4 is 21.9 Å². The molecule has 20 heavy (non-hydrogen) atoms. The minimum absolute atomic E-state index is 0.189. The number of carboxylic acid groups (broad SMARTS) is 1. The number of carbonyl (C=O) groups is 1. The number of hydrogen-bond acceptors (Lipinski definition) is 3. The van der Waals surface area contributed by atoms with Crippen LogP contribution in [0.1, 0.15) is 50.2 Å². The second-order valence-electron chi connectivity index (χ2n) is 5.78. The van der Waals surface area contributed by atoms with Crippen LogP contribution >= 0.6 is 15.9 Å². The van der Waals surface area contributed by atoms with E-state index >= 15 is 0 Å². The van der Waals surface area contributed by atoms with Crippen molar-refractivity contribution < 1.29 is 19.4 Å². The van der Waals surface area contributed by atoms with Crippen molar-refractivity contribution in [1.29, 1.82) is 0 Å². The lowest BCUT2D eigenvalue weighted by molar-refractivity contribution is -0.147. The Balaban J connectivity index is 2.24. The Labute approximate surface area is 126 Å². The third kappa shape index (κ3) is 1.75. The summed E-state index contributed by atoms with van der Waals surface area (Å²) >= 11 is 3.58. The quantitative estimate of drug-likeness (QED) is 0.908. The van der Waals surface area contributed by atoms with Crippen molar-refractivity contribution in [2.75, 3.05) is 6.79 Å². The maximum Gasteiger partial charge on any atom is 0.314 e. The summed E-state index contributed by atoms with van der Waals surface area (Å²) in [4.78, 5) is 11.8. The number of carboxylic acids is 1. The third-order valence-corrected chi connectivity index (χ3v) is 5.14. The number of ether oxygens (including phenoxy) is 2. The number of hydrogen-bond donors (Lipinski definition) is 1. The van der Waals surface area contributed by atoms with Crippen LogP contribution in [0.5, 0.6) is 11.5 Å². The number of fused-ring (bicyclic) bond motifs is 1. The molecule has 0 saturated heterocycles. The summed E-state index contributed by atoms with van der Waals surface area (Å²) in [7, 11) is 0. The molecule has 2 aliphatic rings. The highest BCUT2D eigenvalue weighted by atomic mass is 79.9.